The monoisotopic (exact) mass is 238 g/mol. The molecule has 1 aliphatic heterocycles. The van der Waals surface area contributed by atoms with Crippen molar-refractivity contribution in [1.82, 2.24) is 10.3 Å². The normalized spacial score (nSPS) is 21.6. The largest absolute Gasteiger partial charge is 0.381 e. The Morgan fingerprint density at radius 2 is 2.53 bits per heavy atom. The highest BCUT2D eigenvalue weighted by molar-refractivity contribution is 5.13. The van der Waals surface area contributed by atoms with Crippen LogP contribution < -0.4 is 5.32 Å². The van der Waals surface area contributed by atoms with Gasteiger partial charge < -0.3 is 10.1 Å². The van der Waals surface area contributed by atoms with Gasteiger partial charge in [-0.1, -0.05) is 6.92 Å². The molecule has 2 rings (SSSR count). The smallest absolute Gasteiger partial charge is 0.146 e. The van der Waals surface area contributed by atoms with E-state index in [1.54, 1.807) is 12.3 Å². The molecule has 2 atom stereocenters. The highest BCUT2D eigenvalue weighted by Gasteiger charge is 2.29. The van der Waals surface area contributed by atoms with Crippen LogP contribution in [0.1, 0.15) is 31.5 Å². The predicted molar refractivity (Wildman–Crippen MR) is 64.2 cm³/mol. The van der Waals surface area contributed by atoms with Crippen molar-refractivity contribution in [3.63, 3.8) is 0 Å². The van der Waals surface area contributed by atoms with Gasteiger partial charge in [-0.25, -0.2) is 4.39 Å². The summed E-state index contributed by atoms with van der Waals surface area (Å²) in [6.07, 6.45) is 3.64. The van der Waals surface area contributed by atoms with Crippen LogP contribution in [0.15, 0.2) is 18.3 Å². The van der Waals surface area contributed by atoms with Crippen LogP contribution in [-0.4, -0.2) is 24.7 Å². The number of hydrogen-bond donors (Lipinski definition) is 1. The predicted octanol–water partition coefficient (Wildman–Crippen LogP) is 2.30. The molecule has 1 saturated heterocycles. The van der Waals surface area contributed by atoms with Crippen molar-refractivity contribution in [3.8, 4) is 0 Å². The van der Waals surface area contributed by atoms with Gasteiger partial charge in [-0.05, 0) is 31.5 Å². The highest BCUT2D eigenvalue weighted by atomic mass is 19.1. The zero-order valence-corrected chi connectivity index (χ0v) is 10.2. The number of hydrogen-bond acceptors (Lipinski definition) is 3. The lowest BCUT2D eigenvalue weighted by Gasteiger charge is -2.23. The van der Waals surface area contributed by atoms with Crippen molar-refractivity contribution in [3.05, 3.63) is 29.8 Å². The Kier molecular flexibility index (Phi) is 4.45. The fourth-order valence-electron chi connectivity index (χ4n) is 2.23. The molecule has 2 heterocycles. The average Bonchev–Trinajstić information content (AvgIpc) is 2.85. The molecule has 4 heteroatoms. The van der Waals surface area contributed by atoms with E-state index in [0.717, 1.165) is 26.0 Å². The molecule has 2 unspecified atom stereocenters. The molecule has 0 aromatic carbocycles. The first-order valence-electron chi connectivity index (χ1n) is 6.24. The third-order valence-electron chi connectivity index (χ3n) is 3.13. The van der Waals surface area contributed by atoms with Crippen LogP contribution in [0.5, 0.6) is 0 Å². The second-order valence-electron chi connectivity index (χ2n) is 4.43. The van der Waals surface area contributed by atoms with E-state index >= 15 is 0 Å². The molecule has 1 aliphatic rings. The van der Waals surface area contributed by atoms with E-state index in [0.29, 0.717) is 18.2 Å². The summed E-state index contributed by atoms with van der Waals surface area (Å²) >= 11 is 0. The third-order valence-corrected chi connectivity index (χ3v) is 3.13. The molecule has 17 heavy (non-hydrogen) atoms. The molecule has 0 saturated carbocycles. The summed E-state index contributed by atoms with van der Waals surface area (Å²) in [5.74, 6) is 0.0963. The maximum Gasteiger partial charge on any atom is 0.146 e. The van der Waals surface area contributed by atoms with E-state index in [1.807, 2.05) is 0 Å². The Morgan fingerprint density at radius 1 is 1.65 bits per heavy atom. The van der Waals surface area contributed by atoms with Crippen LogP contribution in [0, 0.1) is 11.7 Å². The number of ether oxygens (including phenoxy) is 1. The van der Waals surface area contributed by atoms with Gasteiger partial charge in [0.25, 0.3) is 0 Å². The molecular weight excluding hydrogens is 219 g/mol. The van der Waals surface area contributed by atoms with E-state index < -0.39 is 0 Å². The van der Waals surface area contributed by atoms with Crippen LogP contribution in [0.2, 0.25) is 0 Å². The summed E-state index contributed by atoms with van der Waals surface area (Å²) in [6.45, 7) is 4.43. The number of nitrogens with zero attached hydrogens (tertiary/aromatic N) is 1. The second-order valence-corrected chi connectivity index (χ2v) is 4.43. The Morgan fingerprint density at radius 3 is 3.18 bits per heavy atom. The molecule has 1 fully saturated rings. The van der Waals surface area contributed by atoms with Gasteiger partial charge in [-0.15, -0.1) is 0 Å². The summed E-state index contributed by atoms with van der Waals surface area (Å²) < 4.78 is 19.2. The Bertz CT molecular complexity index is 353. The standard InChI is InChI=1S/C13H19FN2O/c1-2-6-15-12(10-5-8-17-9-10)13-11(14)4-3-7-16-13/h3-4,7,10,12,15H,2,5-6,8-9H2,1H3. The quantitative estimate of drug-likeness (QED) is 0.854. The van der Waals surface area contributed by atoms with Crippen molar-refractivity contribution in [2.75, 3.05) is 19.8 Å². The first kappa shape index (κ1) is 12.5. The summed E-state index contributed by atoms with van der Waals surface area (Å²) in [5, 5.41) is 3.39. The molecular formula is C13H19FN2O. The Balaban J connectivity index is 2.16. The first-order valence-corrected chi connectivity index (χ1v) is 6.24. The molecule has 0 aliphatic carbocycles. The molecule has 0 bridgehead atoms. The lowest BCUT2D eigenvalue weighted by atomic mass is 9.95. The van der Waals surface area contributed by atoms with E-state index in [2.05, 4.69) is 17.2 Å². The minimum Gasteiger partial charge on any atom is -0.381 e. The fourth-order valence-corrected chi connectivity index (χ4v) is 2.23. The van der Waals surface area contributed by atoms with Gasteiger partial charge in [0.15, 0.2) is 0 Å². The van der Waals surface area contributed by atoms with Gasteiger partial charge in [-0.3, -0.25) is 4.98 Å². The number of pyridine rings is 1. The average molecular weight is 238 g/mol. The SMILES string of the molecule is CCCNC(c1ncccc1F)C1CCOC1. The zero-order chi connectivity index (χ0) is 12.1. The molecule has 0 spiro atoms. The van der Waals surface area contributed by atoms with E-state index in [4.69, 9.17) is 4.74 Å². The molecule has 0 radical (unpaired) electrons. The first-order chi connectivity index (χ1) is 8.33. The zero-order valence-electron chi connectivity index (χ0n) is 10.2. The lowest BCUT2D eigenvalue weighted by Crippen LogP contribution is -2.31. The van der Waals surface area contributed by atoms with Crippen molar-refractivity contribution in [2.24, 2.45) is 5.92 Å². The van der Waals surface area contributed by atoms with Crippen LogP contribution in [0.3, 0.4) is 0 Å². The van der Waals surface area contributed by atoms with Gasteiger partial charge >= 0.3 is 0 Å². The molecule has 0 amide bonds. The van der Waals surface area contributed by atoms with E-state index in [-0.39, 0.29) is 11.9 Å². The van der Waals surface area contributed by atoms with Gasteiger partial charge in [0.05, 0.1) is 18.3 Å². The summed E-state index contributed by atoms with van der Waals surface area (Å²) in [7, 11) is 0. The molecule has 3 nitrogen and oxygen atoms in total. The topological polar surface area (TPSA) is 34.2 Å². The highest BCUT2D eigenvalue weighted by Crippen LogP contribution is 2.28. The molecule has 1 aromatic heterocycles. The molecule has 1 N–H and O–H groups in total. The maximum atomic E-state index is 13.8. The Labute approximate surface area is 101 Å². The summed E-state index contributed by atoms with van der Waals surface area (Å²) in [5.41, 5.74) is 0.524. The van der Waals surface area contributed by atoms with Gasteiger partial charge in [0, 0.05) is 18.7 Å². The maximum absolute atomic E-state index is 13.8. The van der Waals surface area contributed by atoms with Crippen LogP contribution >= 0.6 is 0 Å². The lowest BCUT2D eigenvalue weighted by molar-refractivity contribution is 0.175. The van der Waals surface area contributed by atoms with Crippen molar-refractivity contribution in [2.45, 2.75) is 25.8 Å². The van der Waals surface area contributed by atoms with E-state index in [9.17, 15) is 4.39 Å². The van der Waals surface area contributed by atoms with Crippen LogP contribution in [-0.2, 0) is 4.74 Å². The summed E-state index contributed by atoms with van der Waals surface area (Å²) in [6, 6.07) is 3.07. The molecule has 1 aromatic rings. The fraction of sp³-hybridized carbons (Fsp3) is 0.615. The minimum atomic E-state index is -0.229. The Hall–Kier alpha value is -1.00. The van der Waals surface area contributed by atoms with Gasteiger partial charge in [0.1, 0.15) is 5.82 Å². The van der Waals surface area contributed by atoms with Gasteiger partial charge in [0.2, 0.25) is 0 Å². The minimum absolute atomic E-state index is 0.0290. The summed E-state index contributed by atoms with van der Waals surface area (Å²) in [4.78, 5) is 4.18. The third kappa shape index (κ3) is 3.01. The van der Waals surface area contributed by atoms with Gasteiger partial charge in [-0.2, -0.15) is 0 Å². The molecule has 94 valence electrons. The number of nitrogens with one attached hydrogen (secondary N) is 1. The number of rotatable bonds is 5. The van der Waals surface area contributed by atoms with Crippen LogP contribution in [0.25, 0.3) is 0 Å². The van der Waals surface area contributed by atoms with E-state index in [1.165, 1.54) is 6.07 Å². The number of aromatic nitrogens is 1. The van der Waals surface area contributed by atoms with Crippen molar-refractivity contribution in [1.29, 1.82) is 0 Å². The van der Waals surface area contributed by atoms with Crippen molar-refractivity contribution < 1.29 is 9.13 Å². The second kappa shape index (κ2) is 6.07. The number of halogens is 1. The van der Waals surface area contributed by atoms with Crippen LogP contribution in [0.4, 0.5) is 4.39 Å². The van der Waals surface area contributed by atoms with Crippen molar-refractivity contribution >= 4 is 0 Å².